The van der Waals surface area contributed by atoms with Crippen LogP contribution in [0.25, 0.3) is 0 Å². The standard InChI is InChI=1S/C14H24N2O/c1-5-7-15(6-2)8-9-16-12(3)10-14(11-17)13(16)4/h10-11H,5-9H2,1-4H3. The van der Waals surface area contributed by atoms with Crippen LogP contribution in [0.2, 0.25) is 0 Å². The van der Waals surface area contributed by atoms with Crippen LogP contribution in [0.5, 0.6) is 0 Å². The molecule has 0 bridgehead atoms. The lowest BCUT2D eigenvalue weighted by atomic mass is 10.3. The molecule has 0 N–H and O–H groups in total. The van der Waals surface area contributed by atoms with E-state index in [-0.39, 0.29) is 0 Å². The fraction of sp³-hybridized carbons (Fsp3) is 0.643. The van der Waals surface area contributed by atoms with Gasteiger partial charge in [0.25, 0.3) is 0 Å². The molecule has 0 unspecified atom stereocenters. The average molecular weight is 236 g/mol. The Morgan fingerprint density at radius 2 is 2.00 bits per heavy atom. The first-order valence-electron chi connectivity index (χ1n) is 6.48. The van der Waals surface area contributed by atoms with Crippen molar-refractivity contribution < 1.29 is 4.79 Å². The summed E-state index contributed by atoms with van der Waals surface area (Å²) in [7, 11) is 0. The zero-order valence-corrected chi connectivity index (χ0v) is 11.5. The van der Waals surface area contributed by atoms with Crippen LogP contribution in [0.15, 0.2) is 6.07 Å². The van der Waals surface area contributed by atoms with Gasteiger partial charge in [-0.15, -0.1) is 0 Å². The molecular formula is C14H24N2O. The molecule has 3 nitrogen and oxygen atoms in total. The highest BCUT2D eigenvalue weighted by Crippen LogP contribution is 2.13. The molecule has 0 atom stereocenters. The minimum Gasteiger partial charge on any atom is -0.347 e. The first-order chi connectivity index (χ1) is 8.13. The minimum atomic E-state index is 0.820. The predicted octanol–water partition coefficient (Wildman–Crippen LogP) is 2.65. The van der Waals surface area contributed by atoms with Gasteiger partial charge in [0, 0.05) is 30.0 Å². The van der Waals surface area contributed by atoms with E-state index in [4.69, 9.17) is 0 Å². The van der Waals surface area contributed by atoms with E-state index in [0.717, 1.165) is 43.7 Å². The third-order valence-electron chi connectivity index (χ3n) is 3.37. The van der Waals surface area contributed by atoms with Crippen LogP contribution in [0.3, 0.4) is 0 Å². The van der Waals surface area contributed by atoms with Gasteiger partial charge in [-0.25, -0.2) is 0 Å². The predicted molar refractivity (Wildman–Crippen MR) is 71.7 cm³/mol. The van der Waals surface area contributed by atoms with Crippen LogP contribution in [0, 0.1) is 13.8 Å². The molecule has 1 rings (SSSR count). The Balaban J connectivity index is 2.68. The molecule has 0 fully saturated rings. The third-order valence-corrected chi connectivity index (χ3v) is 3.37. The molecule has 0 aliphatic rings. The van der Waals surface area contributed by atoms with E-state index in [0.29, 0.717) is 0 Å². The first-order valence-corrected chi connectivity index (χ1v) is 6.48. The largest absolute Gasteiger partial charge is 0.347 e. The number of nitrogens with zero attached hydrogens (tertiary/aromatic N) is 2. The van der Waals surface area contributed by atoms with Crippen LogP contribution in [0.4, 0.5) is 0 Å². The Hall–Kier alpha value is -1.09. The molecule has 0 radical (unpaired) electrons. The van der Waals surface area contributed by atoms with E-state index in [2.05, 4.69) is 30.2 Å². The molecule has 0 spiro atoms. The van der Waals surface area contributed by atoms with Crippen molar-refractivity contribution in [3.8, 4) is 0 Å². The van der Waals surface area contributed by atoms with Gasteiger partial charge in [-0.1, -0.05) is 13.8 Å². The molecule has 96 valence electrons. The number of rotatable bonds is 7. The van der Waals surface area contributed by atoms with Gasteiger partial charge in [0.05, 0.1) is 0 Å². The molecule has 0 aliphatic heterocycles. The fourth-order valence-electron chi connectivity index (χ4n) is 2.28. The van der Waals surface area contributed by atoms with Crippen molar-refractivity contribution in [2.45, 2.75) is 40.7 Å². The number of hydrogen-bond donors (Lipinski definition) is 0. The molecule has 0 saturated heterocycles. The fourth-order valence-corrected chi connectivity index (χ4v) is 2.28. The molecular weight excluding hydrogens is 212 g/mol. The van der Waals surface area contributed by atoms with Gasteiger partial charge in [0.1, 0.15) is 0 Å². The van der Waals surface area contributed by atoms with Gasteiger partial charge in [0.2, 0.25) is 0 Å². The first kappa shape index (κ1) is 14.0. The zero-order chi connectivity index (χ0) is 12.8. The number of aldehydes is 1. The summed E-state index contributed by atoms with van der Waals surface area (Å²) in [5.74, 6) is 0. The van der Waals surface area contributed by atoms with Gasteiger partial charge in [-0.2, -0.15) is 0 Å². The summed E-state index contributed by atoms with van der Waals surface area (Å²) in [6.07, 6.45) is 2.14. The lowest BCUT2D eigenvalue weighted by molar-refractivity contribution is 0.112. The molecule has 0 amide bonds. The molecule has 0 aliphatic carbocycles. The molecule has 3 heteroatoms. The molecule has 1 aromatic heterocycles. The van der Waals surface area contributed by atoms with E-state index >= 15 is 0 Å². The number of aryl methyl sites for hydroxylation is 1. The molecule has 1 heterocycles. The Kier molecular flexibility index (Phi) is 5.42. The highest BCUT2D eigenvalue weighted by atomic mass is 16.1. The van der Waals surface area contributed by atoms with Crippen LogP contribution in [0.1, 0.15) is 42.0 Å². The van der Waals surface area contributed by atoms with Gasteiger partial charge >= 0.3 is 0 Å². The summed E-state index contributed by atoms with van der Waals surface area (Å²) in [5.41, 5.74) is 3.09. The van der Waals surface area contributed by atoms with Crippen molar-refractivity contribution in [2.24, 2.45) is 0 Å². The summed E-state index contributed by atoms with van der Waals surface area (Å²) in [6, 6.07) is 1.97. The Morgan fingerprint density at radius 1 is 1.29 bits per heavy atom. The molecule has 0 saturated carbocycles. The Bertz CT molecular complexity index is 369. The van der Waals surface area contributed by atoms with Crippen LogP contribution in [-0.2, 0) is 6.54 Å². The van der Waals surface area contributed by atoms with Crippen LogP contribution >= 0.6 is 0 Å². The highest BCUT2D eigenvalue weighted by molar-refractivity contribution is 5.77. The van der Waals surface area contributed by atoms with E-state index in [1.54, 1.807) is 0 Å². The summed E-state index contributed by atoms with van der Waals surface area (Å²) >= 11 is 0. The third kappa shape index (κ3) is 3.43. The lowest BCUT2D eigenvalue weighted by Crippen LogP contribution is -2.28. The SMILES string of the molecule is CCCN(CC)CCn1c(C)cc(C=O)c1C. The summed E-state index contributed by atoms with van der Waals surface area (Å²) in [6.45, 7) is 12.8. The number of aromatic nitrogens is 1. The van der Waals surface area contributed by atoms with E-state index in [9.17, 15) is 4.79 Å². The second-order valence-corrected chi connectivity index (χ2v) is 4.53. The maximum absolute atomic E-state index is 10.9. The van der Waals surface area contributed by atoms with E-state index in [1.165, 1.54) is 12.1 Å². The lowest BCUT2D eigenvalue weighted by Gasteiger charge is -2.21. The van der Waals surface area contributed by atoms with Gasteiger partial charge < -0.3 is 9.47 Å². The smallest absolute Gasteiger partial charge is 0.151 e. The second kappa shape index (κ2) is 6.60. The summed E-state index contributed by atoms with van der Waals surface area (Å²) in [5, 5.41) is 0. The van der Waals surface area contributed by atoms with Gasteiger partial charge in [0.15, 0.2) is 6.29 Å². The molecule has 17 heavy (non-hydrogen) atoms. The number of likely N-dealkylation sites (N-methyl/N-ethyl adjacent to an activating group) is 1. The van der Waals surface area contributed by atoms with Crippen LogP contribution < -0.4 is 0 Å². The summed E-state index contributed by atoms with van der Waals surface area (Å²) in [4.78, 5) is 13.3. The van der Waals surface area contributed by atoms with Gasteiger partial charge in [-0.05, 0) is 39.4 Å². The van der Waals surface area contributed by atoms with Crippen molar-refractivity contribution in [2.75, 3.05) is 19.6 Å². The molecule has 0 aromatic carbocycles. The van der Waals surface area contributed by atoms with Crippen molar-refractivity contribution in [3.63, 3.8) is 0 Å². The topological polar surface area (TPSA) is 25.2 Å². The van der Waals surface area contributed by atoms with Crippen molar-refractivity contribution >= 4 is 6.29 Å². The van der Waals surface area contributed by atoms with Crippen molar-refractivity contribution in [1.29, 1.82) is 0 Å². The average Bonchev–Trinajstić information content (AvgIpc) is 2.60. The minimum absolute atomic E-state index is 0.820. The zero-order valence-electron chi connectivity index (χ0n) is 11.5. The highest BCUT2D eigenvalue weighted by Gasteiger charge is 2.09. The number of hydrogen-bond acceptors (Lipinski definition) is 2. The maximum atomic E-state index is 10.9. The van der Waals surface area contributed by atoms with Crippen molar-refractivity contribution in [3.05, 3.63) is 23.0 Å². The van der Waals surface area contributed by atoms with Gasteiger partial charge in [-0.3, -0.25) is 4.79 Å². The monoisotopic (exact) mass is 236 g/mol. The maximum Gasteiger partial charge on any atom is 0.151 e. The molecule has 1 aromatic rings. The quantitative estimate of drug-likeness (QED) is 0.680. The number of carbonyl (C=O) groups excluding carboxylic acids is 1. The summed E-state index contributed by atoms with van der Waals surface area (Å²) < 4.78 is 2.24. The van der Waals surface area contributed by atoms with Crippen LogP contribution in [-0.4, -0.2) is 35.4 Å². The second-order valence-electron chi connectivity index (χ2n) is 4.53. The van der Waals surface area contributed by atoms with Crippen molar-refractivity contribution in [1.82, 2.24) is 9.47 Å². The Morgan fingerprint density at radius 3 is 2.47 bits per heavy atom. The van der Waals surface area contributed by atoms with E-state index < -0.39 is 0 Å². The van der Waals surface area contributed by atoms with E-state index in [1.807, 2.05) is 13.0 Å². The Labute approximate surface area is 104 Å². The normalized spacial score (nSPS) is 11.1. The number of carbonyl (C=O) groups is 1.